The lowest BCUT2D eigenvalue weighted by molar-refractivity contribution is -0.384. The van der Waals surface area contributed by atoms with Crippen molar-refractivity contribution in [1.82, 2.24) is 4.90 Å². The quantitative estimate of drug-likeness (QED) is 0.505. The van der Waals surface area contributed by atoms with Gasteiger partial charge in [0.05, 0.1) is 35.4 Å². The summed E-state index contributed by atoms with van der Waals surface area (Å²) in [6.07, 6.45) is 0. The fraction of sp³-hybridized carbons (Fsp3) is 0.350. The van der Waals surface area contributed by atoms with Crippen molar-refractivity contribution in [2.75, 3.05) is 38.3 Å². The largest absolute Gasteiger partial charge is 0.378 e. The van der Waals surface area contributed by atoms with Gasteiger partial charge in [-0.15, -0.1) is 0 Å². The summed E-state index contributed by atoms with van der Waals surface area (Å²) in [7, 11) is 1.65. The minimum atomic E-state index is -0.501. The number of nitro groups is 1. The van der Waals surface area contributed by atoms with Gasteiger partial charge in [0.1, 0.15) is 0 Å². The molecule has 0 bridgehead atoms. The summed E-state index contributed by atoms with van der Waals surface area (Å²) in [4.78, 5) is 27.7. The lowest BCUT2D eigenvalue weighted by atomic mass is 10.0. The van der Waals surface area contributed by atoms with E-state index < -0.39 is 4.92 Å². The first-order valence-electron chi connectivity index (χ1n) is 9.13. The third-order valence-electron chi connectivity index (χ3n) is 5.09. The fourth-order valence-corrected chi connectivity index (χ4v) is 3.87. The standard InChI is InChI=1S/C20H21Cl2N3O4/c1-13(16-5-3-14(21)11-18(16)22)23(2)20(26)17-12-15(25(27)28)4-6-19(17)24-7-9-29-10-8-24/h3-6,11-13H,7-10H2,1-2H3. The number of rotatable bonds is 5. The molecule has 1 saturated heterocycles. The Labute approximate surface area is 178 Å². The molecule has 0 radical (unpaired) electrons. The maximum Gasteiger partial charge on any atom is 0.270 e. The maximum atomic E-state index is 13.4. The van der Waals surface area contributed by atoms with E-state index in [1.165, 1.54) is 17.0 Å². The molecule has 1 amide bonds. The molecule has 2 aromatic rings. The third-order valence-corrected chi connectivity index (χ3v) is 5.65. The number of anilines is 1. The second kappa shape index (κ2) is 8.98. The Morgan fingerprint density at radius 2 is 1.90 bits per heavy atom. The first kappa shape index (κ1) is 21.4. The van der Waals surface area contributed by atoms with E-state index in [0.29, 0.717) is 42.0 Å². The van der Waals surface area contributed by atoms with Gasteiger partial charge in [0.25, 0.3) is 11.6 Å². The highest BCUT2D eigenvalue weighted by Crippen LogP contribution is 2.32. The summed E-state index contributed by atoms with van der Waals surface area (Å²) in [5, 5.41) is 12.2. The van der Waals surface area contributed by atoms with Gasteiger partial charge in [-0.3, -0.25) is 14.9 Å². The summed E-state index contributed by atoms with van der Waals surface area (Å²) in [5.74, 6) is -0.325. The van der Waals surface area contributed by atoms with Crippen molar-refractivity contribution in [3.63, 3.8) is 0 Å². The zero-order valence-electron chi connectivity index (χ0n) is 16.1. The van der Waals surface area contributed by atoms with Crippen LogP contribution in [0.4, 0.5) is 11.4 Å². The second-order valence-corrected chi connectivity index (χ2v) is 7.66. The Kier molecular flexibility index (Phi) is 6.62. The number of ether oxygens (including phenoxy) is 1. The van der Waals surface area contributed by atoms with Crippen LogP contribution >= 0.6 is 23.2 Å². The minimum Gasteiger partial charge on any atom is -0.378 e. The first-order valence-corrected chi connectivity index (χ1v) is 9.88. The van der Waals surface area contributed by atoms with Crippen LogP contribution in [0.25, 0.3) is 0 Å². The average molecular weight is 438 g/mol. The molecular weight excluding hydrogens is 417 g/mol. The summed E-state index contributed by atoms with van der Waals surface area (Å²) in [6, 6.07) is 9.13. The van der Waals surface area contributed by atoms with Crippen LogP contribution in [0.1, 0.15) is 28.9 Å². The fourth-order valence-electron chi connectivity index (χ4n) is 3.30. The second-order valence-electron chi connectivity index (χ2n) is 6.82. The molecule has 1 unspecified atom stereocenters. The lowest BCUT2D eigenvalue weighted by Crippen LogP contribution is -2.38. The topological polar surface area (TPSA) is 75.9 Å². The van der Waals surface area contributed by atoms with Gasteiger partial charge in [-0.25, -0.2) is 0 Å². The summed E-state index contributed by atoms with van der Waals surface area (Å²) < 4.78 is 5.38. The summed E-state index contributed by atoms with van der Waals surface area (Å²) in [6.45, 7) is 4.15. The highest BCUT2D eigenvalue weighted by atomic mass is 35.5. The van der Waals surface area contributed by atoms with E-state index in [4.69, 9.17) is 27.9 Å². The predicted molar refractivity (Wildman–Crippen MR) is 113 cm³/mol. The number of carbonyl (C=O) groups is 1. The van der Waals surface area contributed by atoms with Crippen molar-refractivity contribution in [3.8, 4) is 0 Å². The first-order chi connectivity index (χ1) is 13.8. The minimum absolute atomic E-state index is 0.129. The van der Waals surface area contributed by atoms with E-state index in [-0.39, 0.29) is 23.2 Å². The van der Waals surface area contributed by atoms with Crippen molar-refractivity contribution in [2.45, 2.75) is 13.0 Å². The van der Waals surface area contributed by atoms with Crippen LogP contribution in [-0.4, -0.2) is 49.1 Å². The number of halogens is 2. The Balaban J connectivity index is 1.97. The van der Waals surface area contributed by atoms with Gasteiger partial charge in [-0.1, -0.05) is 29.3 Å². The molecule has 2 aromatic carbocycles. The van der Waals surface area contributed by atoms with Crippen LogP contribution in [-0.2, 0) is 4.74 Å². The van der Waals surface area contributed by atoms with Crippen molar-refractivity contribution >= 4 is 40.5 Å². The van der Waals surface area contributed by atoms with Gasteiger partial charge in [0.2, 0.25) is 0 Å². The van der Waals surface area contributed by atoms with Crippen LogP contribution in [0.3, 0.4) is 0 Å². The molecule has 0 aliphatic carbocycles. The highest BCUT2D eigenvalue weighted by Gasteiger charge is 2.27. The summed E-state index contributed by atoms with van der Waals surface area (Å²) in [5.41, 5.74) is 1.55. The van der Waals surface area contributed by atoms with Gasteiger partial charge in [0.15, 0.2) is 0 Å². The number of hydrogen-bond acceptors (Lipinski definition) is 5. The zero-order valence-corrected chi connectivity index (χ0v) is 17.6. The van der Waals surface area contributed by atoms with E-state index in [1.807, 2.05) is 11.8 Å². The van der Waals surface area contributed by atoms with E-state index in [0.717, 1.165) is 5.56 Å². The smallest absolute Gasteiger partial charge is 0.270 e. The highest BCUT2D eigenvalue weighted by molar-refractivity contribution is 6.35. The maximum absolute atomic E-state index is 13.4. The van der Waals surface area contributed by atoms with Crippen molar-refractivity contribution in [1.29, 1.82) is 0 Å². The Hall–Kier alpha value is -2.35. The number of benzene rings is 2. The number of non-ortho nitro benzene ring substituents is 1. The molecule has 0 spiro atoms. The number of nitro benzene ring substituents is 1. The van der Waals surface area contributed by atoms with Crippen LogP contribution in [0, 0.1) is 10.1 Å². The normalized spacial score (nSPS) is 15.1. The molecule has 1 aliphatic rings. The van der Waals surface area contributed by atoms with E-state index in [9.17, 15) is 14.9 Å². The van der Waals surface area contributed by atoms with E-state index in [1.54, 1.807) is 31.3 Å². The number of morpholine rings is 1. The molecule has 7 nitrogen and oxygen atoms in total. The Bertz CT molecular complexity index is 932. The van der Waals surface area contributed by atoms with Gasteiger partial charge >= 0.3 is 0 Å². The third kappa shape index (κ3) is 4.63. The molecule has 154 valence electrons. The Morgan fingerprint density at radius 1 is 1.21 bits per heavy atom. The molecule has 1 heterocycles. The number of amides is 1. The molecule has 1 fully saturated rings. The van der Waals surface area contributed by atoms with E-state index >= 15 is 0 Å². The number of carbonyl (C=O) groups excluding carboxylic acids is 1. The van der Waals surface area contributed by atoms with Crippen LogP contribution in [0.5, 0.6) is 0 Å². The molecular formula is C20H21Cl2N3O4. The van der Waals surface area contributed by atoms with Gasteiger partial charge < -0.3 is 14.5 Å². The molecule has 0 saturated carbocycles. The van der Waals surface area contributed by atoms with Crippen molar-refractivity contribution in [3.05, 3.63) is 67.7 Å². The molecule has 1 atom stereocenters. The molecule has 9 heteroatoms. The predicted octanol–water partition coefficient (Wildman–Crippen LogP) is 4.57. The van der Waals surface area contributed by atoms with Crippen molar-refractivity contribution in [2.24, 2.45) is 0 Å². The monoisotopic (exact) mass is 437 g/mol. The molecule has 3 rings (SSSR count). The SMILES string of the molecule is CC(c1ccc(Cl)cc1Cl)N(C)C(=O)c1cc([N+](=O)[O-])ccc1N1CCOCC1. The Morgan fingerprint density at radius 3 is 2.52 bits per heavy atom. The molecule has 0 aromatic heterocycles. The van der Waals surface area contributed by atoms with E-state index in [2.05, 4.69) is 0 Å². The summed E-state index contributed by atoms with van der Waals surface area (Å²) >= 11 is 12.3. The lowest BCUT2D eigenvalue weighted by Gasteiger charge is -2.32. The van der Waals surface area contributed by atoms with Crippen LogP contribution in [0.15, 0.2) is 36.4 Å². The number of nitrogens with zero attached hydrogens (tertiary/aromatic N) is 3. The van der Waals surface area contributed by atoms with Crippen LogP contribution in [0.2, 0.25) is 10.0 Å². The van der Waals surface area contributed by atoms with Gasteiger partial charge in [-0.05, 0) is 30.7 Å². The molecule has 29 heavy (non-hydrogen) atoms. The van der Waals surface area contributed by atoms with Gasteiger partial charge in [-0.2, -0.15) is 0 Å². The van der Waals surface area contributed by atoms with Crippen LogP contribution < -0.4 is 4.90 Å². The molecule has 0 N–H and O–H groups in total. The number of hydrogen-bond donors (Lipinski definition) is 0. The molecule has 1 aliphatic heterocycles. The zero-order chi connectivity index (χ0) is 21.1. The van der Waals surface area contributed by atoms with Crippen molar-refractivity contribution < 1.29 is 14.5 Å². The van der Waals surface area contributed by atoms with Gasteiger partial charge in [0, 0.05) is 42.3 Å². The average Bonchev–Trinajstić information content (AvgIpc) is 2.72.